The topological polar surface area (TPSA) is 54.5 Å². The van der Waals surface area contributed by atoms with Crippen LogP contribution in [0.15, 0.2) is 42.6 Å². The van der Waals surface area contributed by atoms with Gasteiger partial charge in [0.2, 0.25) is 0 Å². The number of hydrogen-bond donors (Lipinski definition) is 1. The molecule has 0 radical (unpaired) electrons. The van der Waals surface area contributed by atoms with E-state index in [0.717, 1.165) is 24.5 Å². The molecule has 0 unspecified atom stereocenters. The van der Waals surface area contributed by atoms with Gasteiger partial charge >= 0.3 is 0 Å². The van der Waals surface area contributed by atoms with Gasteiger partial charge in [-0.2, -0.15) is 0 Å². The van der Waals surface area contributed by atoms with Gasteiger partial charge < -0.3 is 15.0 Å². The maximum atomic E-state index is 12.8. The minimum Gasteiger partial charge on any atom is -0.378 e. The Balaban J connectivity index is 1.79. The maximum absolute atomic E-state index is 12.8. The molecule has 1 aromatic carbocycles. The fourth-order valence-electron chi connectivity index (χ4n) is 3.03. The van der Waals surface area contributed by atoms with Crippen LogP contribution in [0.4, 0.5) is 5.82 Å². The minimum absolute atomic E-state index is 0.0588. The molecule has 0 spiro atoms. The molecule has 1 atom stereocenters. The van der Waals surface area contributed by atoms with Gasteiger partial charge in [-0.1, -0.05) is 24.3 Å². The monoisotopic (exact) mass is 325 g/mol. The number of aromatic nitrogens is 1. The fourth-order valence-corrected chi connectivity index (χ4v) is 3.03. The molecule has 1 N–H and O–H groups in total. The quantitative estimate of drug-likeness (QED) is 0.939. The van der Waals surface area contributed by atoms with Gasteiger partial charge in [0.1, 0.15) is 5.82 Å². The molecule has 0 aliphatic carbocycles. The standard InChI is InChI=1S/C19H23N3O2/c1-14-6-3-4-7-16(14)15(2)21-19(23)17-8-5-9-20-18(17)22-10-12-24-13-11-22/h3-9,15H,10-13H2,1-2H3,(H,21,23)/t15-/m0/s1. The Hall–Kier alpha value is -2.40. The van der Waals surface area contributed by atoms with Gasteiger partial charge in [0.05, 0.1) is 24.8 Å². The molecule has 1 saturated heterocycles. The van der Waals surface area contributed by atoms with Gasteiger partial charge in [-0.3, -0.25) is 4.79 Å². The van der Waals surface area contributed by atoms with Gasteiger partial charge in [0.25, 0.3) is 5.91 Å². The number of morpholine rings is 1. The lowest BCUT2D eigenvalue weighted by molar-refractivity contribution is 0.0938. The van der Waals surface area contributed by atoms with Crippen molar-refractivity contribution < 1.29 is 9.53 Å². The van der Waals surface area contributed by atoms with Crippen LogP contribution in [0.3, 0.4) is 0 Å². The molecule has 2 aromatic rings. The molecular weight excluding hydrogens is 302 g/mol. The number of carbonyl (C=O) groups is 1. The van der Waals surface area contributed by atoms with Crippen molar-refractivity contribution in [1.82, 2.24) is 10.3 Å². The van der Waals surface area contributed by atoms with E-state index < -0.39 is 0 Å². The number of anilines is 1. The summed E-state index contributed by atoms with van der Waals surface area (Å²) in [6.45, 7) is 6.90. The molecule has 5 nitrogen and oxygen atoms in total. The second-order valence-electron chi connectivity index (χ2n) is 6.03. The van der Waals surface area contributed by atoms with E-state index >= 15 is 0 Å². The first-order valence-electron chi connectivity index (χ1n) is 8.31. The number of rotatable bonds is 4. The molecule has 5 heteroatoms. The fraction of sp³-hybridized carbons (Fsp3) is 0.368. The highest BCUT2D eigenvalue weighted by atomic mass is 16.5. The van der Waals surface area contributed by atoms with Gasteiger partial charge in [0.15, 0.2) is 0 Å². The summed E-state index contributed by atoms with van der Waals surface area (Å²) in [6.07, 6.45) is 1.73. The van der Waals surface area contributed by atoms with E-state index in [2.05, 4.69) is 28.2 Å². The molecule has 1 fully saturated rings. The number of ether oxygens (including phenoxy) is 1. The Bertz CT molecular complexity index is 711. The van der Waals surface area contributed by atoms with E-state index in [1.54, 1.807) is 12.3 Å². The highest BCUT2D eigenvalue weighted by Gasteiger charge is 2.21. The van der Waals surface area contributed by atoms with E-state index in [1.807, 2.05) is 31.2 Å². The van der Waals surface area contributed by atoms with Crippen LogP contribution < -0.4 is 10.2 Å². The first kappa shape index (κ1) is 16.5. The zero-order valence-corrected chi connectivity index (χ0v) is 14.2. The summed E-state index contributed by atoms with van der Waals surface area (Å²) in [5.41, 5.74) is 2.91. The maximum Gasteiger partial charge on any atom is 0.255 e. The van der Waals surface area contributed by atoms with Crippen molar-refractivity contribution in [1.29, 1.82) is 0 Å². The van der Waals surface area contributed by atoms with Crippen molar-refractivity contribution in [2.75, 3.05) is 31.2 Å². The highest BCUT2D eigenvalue weighted by Crippen LogP contribution is 2.21. The molecule has 1 amide bonds. The van der Waals surface area contributed by atoms with Crippen molar-refractivity contribution in [3.63, 3.8) is 0 Å². The van der Waals surface area contributed by atoms with E-state index in [9.17, 15) is 4.79 Å². The van der Waals surface area contributed by atoms with Crippen LogP contribution in [0.1, 0.15) is 34.5 Å². The number of benzene rings is 1. The molecule has 0 saturated carbocycles. The first-order valence-corrected chi connectivity index (χ1v) is 8.31. The summed E-state index contributed by atoms with van der Waals surface area (Å²) in [7, 11) is 0. The molecule has 1 aliphatic rings. The second kappa shape index (κ2) is 7.45. The van der Waals surface area contributed by atoms with Crippen LogP contribution >= 0.6 is 0 Å². The van der Waals surface area contributed by atoms with Crippen molar-refractivity contribution in [3.05, 3.63) is 59.3 Å². The summed E-state index contributed by atoms with van der Waals surface area (Å²) < 4.78 is 5.39. The average Bonchev–Trinajstić information content (AvgIpc) is 2.62. The molecule has 24 heavy (non-hydrogen) atoms. The Kier molecular flexibility index (Phi) is 5.11. The van der Waals surface area contributed by atoms with Crippen molar-refractivity contribution in [2.45, 2.75) is 19.9 Å². The third kappa shape index (κ3) is 3.57. The lowest BCUT2D eigenvalue weighted by Gasteiger charge is -2.29. The summed E-state index contributed by atoms with van der Waals surface area (Å²) in [6, 6.07) is 11.7. The van der Waals surface area contributed by atoms with E-state index in [-0.39, 0.29) is 11.9 Å². The van der Waals surface area contributed by atoms with E-state index in [0.29, 0.717) is 18.8 Å². The van der Waals surface area contributed by atoms with Crippen LogP contribution in [-0.2, 0) is 4.74 Å². The number of amides is 1. The predicted molar refractivity (Wildman–Crippen MR) is 94.3 cm³/mol. The third-order valence-corrected chi connectivity index (χ3v) is 4.34. The van der Waals surface area contributed by atoms with Crippen LogP contribution in [0.2, 0.25) is 0 Å². The van der Waals surface area contributed by atoms with Crippen LogP contribution in [0, 0.1) is 6.92 Å². The second-order valence-corrected chi connectivity index (χ2v) is 6.03. The van der Waals surface area contributed by atoms with E-state index in [4.69, 9.17) is 4.74 Å². The molecule has 0 bridgehead atoms. The lowest BCUT2D eigenvalue weighted by Crippen LogP contribution is -2.38. The Labute approximate surface area is 142 Å². The first-order chi connectivity index (χ1) is 11.7. The van der Waals surface area contributed by atoms with Crippen molar-refractivity contribution in [3.8, 4) is 0 Å². The zero-order valence-electron chi connectivity index (χ0n) is 14.2. The number of pyridine rings is 1. The molecule has 2 heterocycles. The summed E-state index contributed by atoms with van der Waals surface area (Å²) in [5, 5.41) is 3.10. The number of hydrogen-bond acceptors (Lipinski definition) is 4. The van der Waals surface area contributed by atoms with Crippen LogP contribution in [0.25, 0.3) is 0 Å². The number of aryl methyl sites for hydroxylation is 1. The summed E-state index contributed by atoms with van der Waals surface area (Å²) >= 11 is 0. The molecule has 1 aliphatic heterocycles. The summed E-state index contributed by atoms with van der Waals surface area (Å²) in [4.78, 5) is 19.3. The largest absolute Gasteiger partial charge is 0.378 e. The van der Waals surface area contributed by atoms with Gasteiger partial charge in [-0.05, 0) is 37.1 Å². The highest BCUT2D eigenvalue weighted by molar-refractivity contribution is 5.99. The van der Waals surface area contributed by atoms with E-state index in [1.165, 1.54) is 5.56 Å². The molecule has 3 rings (SSSR count). The van der Waals surface area contributed by atoms with Crippen molar-refractivity contribution >= 4 is 11.7 Å². The number of carbonyl (C=O) groups excluding carboxylic acids is 1. The van der Waals surface area contributed by atoms with Crippen molar-refractivity contribution in [2.24, 2.45) is 0 Å². The van der Waals surface area contributed by atoms with Gasteiger partial charge in [-0.25, -0.2) is 4.98 Å². The molecule has 1 aromatic heterocycles. The van der Waals surface area contributed by atoms with Gasteiger partial charge in [-0.15, -0.1) is 0 Å². The van der Waals surface area contributed by atoms with Gasteiger partial charge in [0, 0.05) is 19.3 Å². The Morgan fingerprint density at radius 1 is 1.21 bits per heavy atom. The van der Waals surface area contributed by atoms with Crippen LogP contribution in [0.5, 0.6) is 0 Å². The molecular formula is C19H23N3O2. The average molecular weight is 325 g/mol. The Morgan fingerprint density at radius 2 is 1.96 bits per heavy atom. The third-order valence-electron chi connectivity index (χ3n) is 4.34. The normalized spacial score (nSPS) is 15.8. The van der Waals surface area contributed by atoms with Crippen LogP contribution in [-0.4, -0.2) is 37.2 Å². The SMILES string of the molecule is Cc1ccccc1[C@H](C)NC(=O)c1cccnc1N1CCOCC1. The summed E-state index contributed by atoms with van der Waals surface area (Å²) in [5.74, 6) is 0.635. The predicted octanol–water partition coefficient (Wildman–Crippen LogP) is 2.72. The molecule has 126 valence electrons. The lowest BCUT2D eigenvalue weighted by atomic mass is 10.0. The minimum atomic E-state index is -0.0969. The smallest absolute Gasteiger partial charge is 0.255 e. The Morgan fingerprint density at radius 3 is 2.71 bits per heavy atom. The number of nitrogens with zero attached hydrogens (tertiary/aromatic N) is 2. The zero-order chi connectivity index (χ0) is 16.9. The number of nitrogens with one attached hydrogen (secondary N) is 1.